The molecule has 2 N–H and O–H groups in total. The van der Waals surface area contributed by atoms with Crippen LogP contribution in [0, 0.1) is 6.92 Å². The van der Waals surface area contributed by atoms with E-state index in [0.717, 1.165) is 13.1 Å². The summed E-state index contributed by atoms with van der Waals surface area (Å²) in [7, 11) is -2.18. The summed E-state index contributed by atoms with van der Waals surface area (Å²) in [4.78, 5) is 14.2. The smallest absolute Gasteiger partial charge is 0.240 e. The first-order chi connectivity index (χ1) is 10.4. The molecule has 0 aromatic heterocycles. The molecule has 1 fully saturated rings. The average Bonchev–Trinajstić information content (AvgIpc) is 2.50. The van der Waals surface area contributed by atoms with E-state index in [1.54, 1.807) is 19.1 Å². The topological polar surface area (TPSA) is 87.7 Å². The van der Waals surface area contributed by atoms with Crippen LogP contribution in [0.25, 0.3) is 0 Å². The molecule has 1 aromatic rings. The van der Waals surface area contributed by atoms with Gasteiger partial charge in [-0.05, 0) is 31.7 Å². The molecule has 2 rings (SSSR count). The van der Waals surface area contributed by atoms with Gasteiger partial charge in [0.05, 0.1) is 24.7 Å². The SMILES string of the molecule is CNS(=O)(=O)c1cc(NC(=O)CN2CCOCC2)ccc1C. The number of hydrogen-bond donors (Lipinski definition) is 2. The standard InChI is InChI=1S/C14H21N3O4S/c1-11-3-4-12(9-13(11)22(19,20)15-2)16-14(18)10-17-5-7-21-8-6-17/h3-4,9,15H,5-8,10H2,1-2H3,(H,16,18). The number of carbonyl (C=O) groups excluding carboxylic acids is 1. The normalized spacial score (nSPS) is 16.5. The molecular weight excluding hydrogens is 306 g/mol. The Labute approximate surface area is 130 Å². The lowest BCUT2D eigenvalue weighted by atomic mass is 10.2. The van der Waals surface area contributed by atoms with Gasteiger partial charge in [-0.25, -0.2) is 13.1 Å². The summed E-state index contributed by atoms with van der Waals surface area (Å²) in [5.41, 5.74) is 1.10. The van der Waals surface area contributed by atoms with Crippen LogP contribution in [0.15, 0.2) is 23.1 Å². The third kappa shape index (κ3) is 4.26. The lowest BCUT2D eigenvalue weighted by molar-refractivity contribution is -0.118. The minimum Gasteiger partial charge on any atom is -0.379 e. The zero-order valence-corrected chi connectivity index (χ0v) is 13.6. The van der Waals surface area contributed by atoms with Crippen molar-refractivity contribution in [3.05, 3.63) is 23.8 Å². The van der Waals surface area contributed by atoms with Crippen LogP contribution in [0.3, 0.4) is 0 Å². The second-order valence-corrected chi connectivity index (χ2v) is 6.98. The summed E-state index contributed by atoms with van der Waals surface area (Å²) in [5, 5.41) is 2.74. The fraction of sp³-hybridized carbons (Fsp3) is 0.500. The van der Waals surface area contributed by atoms with Gasteiger partial charge in [0.2, 0.25) is 15.9 Å². The van der Waals surface area contributed by atoms with Gasteiger partial charge in [0.25, 0.3) is 0 Å². The minimum absolute atomic E-state index is 0.166. The van der Waals surface area contributed by atoms with Crippen LogP contribution < -0.4 is 10.0 Å². The van der Waals surface area contributed by atoms with Gasteiger partial charge in [0, 0.05) is 18.8 Å². The molecule has 1 aliphatic heterocycles. The van der Waals surface area contributed by atoms with Crippen LogP contribution in [-0.2, 0) is 19.6 Å². The number of sulfonamides is 1. The number of carbonyl (C=O) groups is 1. The van der Waals surface area contributed by atoms with E-state index in [9.17, 15) is 13.2 Å². The van der Waals surface area contributed by atoms with Crippen molar-refractivity contribution in [2.24, 2.45) is 0 Å². The number of aryl methyl sites for hydroxylation is 1. The molecular formula is C14H21N3O4S. The Kier molecular flexibility index (Phi) is 5.52. The quantitative estimate of drug-likeness (QED) is 0.805. The lowest BCUT2D eigenvalue weighted by Crippen LogP contribution is -2.41. The molecule has 0 saturated carbocycles. The Balaban J connectivity index is 2.06. The highest BCUT2D eigenvalue weighted by Gasteiger charge is 2.17. The van der Waals surface area contributed by atoms with Gasteiger partial charge in [0.1, 0.15) is 0 Å². The second-order valence-electron chi connectivity index (χ2n) is 5.12. The van der Waals surface area contributed by atoms with E-state index in [1.165, 1.54) is 13.1 Å². The number of amides is 1. The molecule has 1 aromatic carbocycles. The first kappa shape index (κ1) is 16.9. The van der Waals surface area contributed by atoms with E-state index in [0.29, 0.717) is 24.5 Å². The predicted molar refractivity (Wildman–Crippen MR) is 83.3 cm³/mol. The monoisotopic (exact) mass is 327 g/mol. The highest BCUT2D eigenvalue weighted by atomic mass is 32.2. The number of hydrogen-bond acceptors (Lipinski definition) is 5. The van der Waals surface area contributed by atoms with E-state index in [-0.39, 0.29) is 17.3 Å². The average molecular weight is 327 g/mol. The summed E-state index contributed by atoms with van der Waals surface area (Å²) >= 11 is 0. The Bertz CT molecular complexity index is 639. The largest absolute Gasteiger partial charge is 0.379 e. The van der Waals surface area contributed by atoms with E-state index in [2.05, 4.69) is 10.0 Å². The van der Waals surface area contributed by atoms with Crippen molar-refractivity contribution in [3.63, 3.8) is 0 Å². The highest BCUT2D eigenvalue weighted by Crippen LogP contribution is 2.19. The molecule has 0 atom stereocenters. The van der Waals surface area contributed by atoms with E-state index in [1.807, 2.05) is 4.90 Å². The number of ether oxygens (including phenoxy) is 1. The minimum atomic E-state index is -3.54. The van der Waals surface area contributed by atoms with Crippen LogP contribution in [0.5, 0.6) is 0 Å². The van der Waals surface area contributed by atoms with E-state index >= 15 is 0 Å². The van der Waals surface area contributed by atoms with Crippen LogP contribution in [-0.4, -0.2) is 59.1 Å². The van der Waals surface area contributed by atoms with Gasteiger partial charge in [-0.15, -0.1) is 0 Å². The molecule has 0 bridgehead atoms. The van der Waals surface area contributed by atoms with E-state index < -0.39 is 10.0 Å². The highest BCUT2D eigenvalue weighted by molar-refractivity contribution is 7.89. The summed E-state index contributed by atoms with van der Waals surface area (Å²) in [6, 6.07) is 4.84. The molecule has 122 valence electrons. The summed E-state index contributed by atoms with van der Waals surface area (Å²) in [6.45, 7) is 4.68. The third-order valence-electron chi connectivity index (χ3n) is 3.50. The van der Waals surface area contributed by atoms with Crippen LogP contribution in [0.2, 0.25) is 0 Å². The van der Waals surface area contributed by atoms with Crippen molar-refractivity contribution < 1.29 is 17.9 Å². The molecule has 1 amide bonds. The molecule has 8 heteroatoms. The number of anilines is 1. The fourth-order valence-electron chi connectivity index (χ4n) is 2.24. The van der Waals surface area contributed by atoms with Crippen LogP contribution in [0.1, 0.15) is 5.56 Å². The molecule has 7 nitrogen and oxygen atoms in total. The number of nitrogens with one attached hydrogen (secondary N) is 2. The van der Waals surface area contributed by atoms with Crippen molar-refractivity contribution in [3.8, 4) is 0 Å². The number of benzene rings is 1. The Morgan fingerprint density at radius 3 is 2.64 bits per heavy atom. The van der Waals surface area contributed by atoms with Gasteiger partial charge < -0.3 is 10.1 Å². The van der Waals surface area contributed by atoms with Crippen molar-refractivity contribution in [2.75, 3.05) is 45.2 Å². The maximum Gasteiger partial charge on any atom is 0.240 e. The summed E-state index contributed by atoms with van der Waals surface area (Å²) < 4.78 is 31.4. The van der Waals surface area contributed by atoms with Crippen molar-refractivity contribution >= 4 is 21.6 Å². The number of nitrogens with zero attached hydrogens (tertiary/aromatic N) is 1. The van der Waals surface area contributed by atoms with Gasteiger partial charge >= 0.3 is 0 Å². The van der Waals surface area contributed by atoms with Crippen molar-refractivity contribution in [1.82, 2.24) is 9.62 Å². The van der Waals surface area contributed by atoms with Crippen molar-refractivity contribution in [2.45, 2.75) is 11.8 Å². The molecule has 0 unspecified atom stereocenters. The van der Waals surface area contributed by atoms with Gasteiger partial charge in [-0.1, -0.05) is 6.07 Å². The van der Waals surface area contributed by atoms with Gasteiger partial charge in [0.15, 0.2) is 0 Å². The lowest BCUT2D eigenvalue weighted by Gasteiger charge is -2.25. The Morgan fingerprint density at radius 2 is 2.00 bits per heavy atom. The van der Waals surface area contributed by atoms with Gasteiger partial charge in [-0.2, -0.15) is 0 Å². The predicted octanol–water partition coefficient (Wildman–Crippen LogP) is 0.174. The zero-order valence-electron chi connectivity index (χ0n) is 12.8. The Hall–Kier alpha value is -1.48. The summed E-state index contributed by atoms with van der Waals surface area (Å²) in [6.07, 6.45) is 0. The Morgan fingerprint density at radius 1 is 1.32 bits per heavy atom. The zero-order chi connectivity index (χ0) is 16.2. The molecule has 0 radical (unpaired) electrons. The number of rotatable bonds is 5. The summed E-state index contributed by atoms with van der Waals surface area (Å²) in [5.74, 6) is -0.168. The fourth-order valence-corrected chi connectivity index (χ4v) is 3.23. The molecule has 0 aliphatic carbocycles. The van der Waals surface area contributed by atoms with Crippen LogP contribution in [0.4, 0.5) is 5.69 Å². The van der Waals surface area contributed by atoms with Gasteiger partial charge in [-0.3, -0.25) is 9.69 Å². The maximum atomic E-state index is 12.0. The molecule has 1 aliphatic rings. The molecule has 0 spiro atoms. The molecule has 1 heterocycles. The third-order valence-corrected chi connectivity index (χ3v) is 5.06. The second kappa shape index (κ2) is 7.19. The first-order valence-corrected chi connectivity index (χ1v) is 8.55. The first-order valence-electron chi connectivity index (χ1n) is 7.06. The van der Waals surface area contributed by atoms with Crippen LogP contribution >= 0.6 is 0 Å². The van der Waals surface area contributed by atoms with Crippen molar-refractivity contribution in [1.29, 1.82) is 0 Å². The maximum absolute atomic E-state index is 12.0. The molecule has 1 saturated heterocycles. The number of morpholine rings is 1. The van der Waals surface area contributed by atoms with E-state index in [4.69, 9.17) is 4.74 Å². The molecule has 22 heavy (non-hydrogen) atoms.